The zero-order valence-electron chi connectivity index (χ0n) is 11.9. The number of amides is 1. The standard InChI is InChI=1S/C14H18N4O2S/c1-20-9-5-8-18-11-15-17-14(18)21-10-13(19)16-12-6-3-2-4-7-12/h2-4,6-7,11H,5,8-10H2,1H3,(H,16,19). The molecule has 7 heteroatoms. The topological polar surface area (TPSA) is 69.0 Å². The Morgan fingerprint density at radius 3 is 2.95 bits per heavy atom. The molecule has 0 aliphatic carbocycles. The van der Waals surface area contributed by atoms with Crippen LogP contribution in [0.5, 0.6) is 0 Å². The van der Waals surface area contributed by atoms with E-state index in [-0.39, 0.29) is 5.91 Å². The maximum atomic E-state index is 11.9. The molecule has 1 aromatic carbocycles. The van der Waals surface area contributed by atoms with Crippen molar-refractivity contribution in [2.24, 2.45) is 0 Å². The van der Waals surface area contributed by atoms with Crippen LogP contribution >= 0.6 is 11.8 Å². The predicted molar refractivity (Wildman–Crippen MR) is 82.3 cm³/mol. The average molecular weight is 306 g/mol. The highest BCUT2D eigenvalue weighted by Crippen LogP contribution is 2.15. The lowest BCUT2D eigenvalue weighted by Gasteiger charge is -2.06. The van der Waals surface area contributed by atoms with Crippen LogP contribution in [0.3, 0.4) is 0 Å². The summed E-state index contributed by atoms with van der Waals surface area (Å²) in [6.07, 6.45) is 2.56. The van der Waals surface area contributed by atoms with Crippen LogP contribution < -0.4 is 5.32 Å². The Morgan fingerprint density at radius 2 is 2.19 bits per heavy atom. The highest BCUT2D eigenvalue weighted by molar-refractivity contribution is 7.99. The number of para-hydroxylation sites is 1. The summed E-state index contributed by atoms with van der Waals surface area (Å²) in [6.45, 7) is 1.47. The lowest BCUT2D eigenvalue weighted by atomic mass is 10.3. The average Bonchev–Trinajstić information content (AvgIpc) is 2.94. The summed E-state index contributed by atoms with van der Waals surface area (Å²) < 4.78 is 6.95. The van der Waals surface area contributed by atoms with E-state index < -0.39 is 0 Å². The van der Waals surface area contributed by atoms with Crippen molar-refractivity contribution in [3.63, 3.8) is 0 Å². The lowest BCUT2D eigenvalue weighted by Crippen LogP contribution is -2.14. The number of methoxy groups -OCH3 is 1. The first-order valence-electron chi connectivity index (χ1n) is 6.64. The molecule has 2 rings (SSSR count). The Bertz CT molecular complexity index is 559. The van der Waals surface area contributed by atoms with Gasteiger partial charge in [-0.3, -0.25) is 4.79 Å². The second-order valence-electron chi connectivity index (χ2n) is 4.36. The summed E-state index contributed by atoms with van der Waals surface area (Å²) in [6, 6.07) is 9.39. The van der Waals surface area contributed by atoms with Crippen molar-refractivity contribution in [3.8, 4) is 0 Å². The van der Waals surface area contributed by atoms with Gasteiger partial charge >= 0.3 is 0 Å². The van der Waals surface area contributed by atoms with Gasteiger partial charge in [-0.05, 0) is 18.6 Å². The van der Waals surface area contributed by atoms with Gasteiger partial charge in [0.05, 0.1) is 5.75 Å². The Labute approximate surface area is 127 Å². The lowest BCUT2D eigenvalue weighted by molar-refractivity contribution is -0.113. The summed E-state index contributed by atoms with van der Waals surface area (Å²) in [7, 11) is 1.68. The number of nitrogens with zero attached hydrogens (tertiary/aromatic N) is 3. The Hall–Kier alpha value is -1.86. The van der Waals surface area contributed by atoms with Gasteiger partial charge in [-0.25, -0.2) is 0 Å². The number of aryl methyl sites for hydroxylation is 1. The van der Waals surface area contributed by atoms with Crippen LogP contribution in [0.25, 0.3) is 0 Å². The number of carbonyl (C=O) groups excluding carboxylic acids is 1. The maximum absolute atomic E-state index is 11.9. The van der Waals surface area contributed by atoms with Crippen molar-refractivity contribution in [2.45, 2.75) is 18.1 Å². The zero-order valence-corrected chi connectivity index (χ0v) is 12.7. The number of benzene rings is 1. The van der Waals surface area contributed by atoms with Crippen LogP contribution in [-0.2, 0) is 16.1 Å². The number of aromatic nitrogens is 3. The number of anilines is 1. The number of thioether (sulfide) groups is 1. The first-order chi connectivity index (χ1) is 10.3. The van der Waals surface area contributed by atoms with Crippen molar-refractivity contribution >= 4 is 23.4 Å². The molecule has 1 amide bonds. The highest BCUT2D eigenvalue weighted by Gasteiger charge is 2.08. The van der Waals surface area contributed by atoms with Crippen LogP contribution in [0.2, 0.25) is 0 Å². The van der Waals surface area contributed by atoms with Gasteiger partial charge in [0.15, 0.2) is 5.16 Å². The fourth-order valence-corrected chi connectivity index (χ4v) is 2.48. The first-order valence-corrected chi connectivity index (χ1v) is 7.62. The van der Waals surface area contributed by atoms with E-state index in [1.165, 1.54) is 11.8 Å². The number of hydrogen-bond acceptors (Lipinski definition) is 5. The third kappa shape index (κ3) is 5.20. The van der Waals surface area contributed by atoms with Gasteiger partial charge in [-0.2, -0.15) is 0 Å². The van der Waals surface area contributed by atoms with Gasteiger partial charge in [0.1, 0.15) is 6.33 Å². The maximum Gasteiger partial charge on any atom is 0.234 e. The van der Waals surface area contributed by atoms with Crippen molar-refractivity contribution in [3.05, 3.63) is 36.7 Å². The third-order valence-corrected chi connectivity index (χ3v) is 3.70. The quantitative estimate of drug-likeness (QED) is 0.597. The molecule has 0 atom stereocenters. The van der Waals surface area contributed by atoms with Crippen LogP contribution in [0, 0.1) is 0 Å². The summed E-state index contributed by atoms with van der Waals surface area (Å²) in [5, 5.41) is 11.5. The minimum Gasteiger partial charge on any atom is -0.385 e. The minimum absolute atomic E-state index is 0.0577. The molecule has 0 aliphatic rings. The minimum atomic E-state index is -0.0577. The van der Waals surface area contributed by atoms with Gasteiger partial charge in [-0.1, -0.05) is 30.0 Å². The third-order valence-electron chi connectivity index (χ3n) is 2.72. The monoisotopic (exact) mass is 306 g/mol. The summed E-state index contributed by atoms with van der Waals surface area (Å²) >= 11 is 1.38. The van der Waals surface area contributed by atoms with Gasteiger partial charge in [0.25, 0.3) is 0 Å². The summed E-state index contributed by atoms with van der Waals surface area (Å²) in [4.78, 5) is 11.9. The molecule has 0 saturated heterocycles. The van der Waals surface area contributed by atoms with Crippen LogP contribution in [0.15, 0.2) is 41.8 Å². The second kappa shape index (κ2) is 8.43. The van der Waals surface area contributed by atoms with E-state index in [9.17, 15) is 4.79 Å². The van der Waals surface area contributed by atoms with Crippen LogP contribution in [0.4, 0.5) is 5.69 Å². The number of rotatable bonds is 8. The molecule has 0 unspecified atom stereocenters. The number of nitrogens with one attached hydrogen (secondary N) is 1. The first kappa shape index (κ1) is 15.5. The molecule has 0 radical (unpaired) electrons. The molecule has 0 saturated carbocycles. The van der Waals surface area contributed by atoms with E-state index in [0.29, 0.717) is 12.4 Å². The largest absolute Gasteiger partial charge is 0.385 e. The van der Waals surface area contributed by atoms with Crippen LogP contribution in [0.1, 0.15) is 6.42 Å². The van der Waals surface area contributed by atoms with E-state index in [4.69, 9.17) is 4.74 Å². The van der Waals surface area contributed by atoms with Crippen molar-refractivity contribution < 1.29 is 9.53 Å². The van der Waals surface area contributed by atoms with E-state index in [0.717, 1.165) is 23.8 Å². The molecule has 2 aromatic rings. The normalized spacial score (nSPS) is 10.5. The number of hydrogen-bond donors (Lipinski definition) is 1. The molecule has 1 aromatic heterocycles. The van der Waals surface area contributed by atoms with Crippen molar-refractivity contribution in [1.29, 1.82) is 0 Å². The van der Waals surface area contributed by atoms with Gasteiger partial charge < -0.3 is 14.6 Å². The molecular weight excluding hydrogens is 288 g/mol. The molecule has 21 heavy (non-hydrogen) atoms. The smallest absolute Gasteiger partial charge is 0.234 e. The molecule has 0 bridgehead atoms. The molecule has 0 spiro atoms. The number of ether oxygens (including phenoxy) is 1. The summed E-state index contributed by atoms with van der Waals surface area (Å²) in [5.41, 5.74) is 0.796. The molecular formula is C14H18N4O2S. The number of carbonyl (C=O) groups is 1. The highest BCUT2D eigenvalue weighted by atomic mass is 32.2. The van der Waals surface area contributed by atoms with E-state index >= 15 is 0 Å². The zero-order chi connectivity index (χ0) is 14.9. The Morgan fingerprint density at radius 1 is 1.38 bits per heavy atom. The van der Waals surface area contributed by atoms with Gasteiger partial charge in [0, 0.05) is 25.9 Å². The SMILES string of the molecule is COCCCn1cnnc1SCC(=O)Nc1ccccc1. The van der Waals surface area contributed by atoms with E-state index in [2.05, 4.69) is 15.5 Å². The molecule has 1 N–H and O–H groups in total. The van der Waals surface area contributed by atoms with Crippen molar-refractivity contribution in [1.82, 2.24) is 14.8 Å². The molecule has 0 aliphatic heterocycles. The molecule has 6 nitrogen and oxygen atoms in total. The second-order valence-corrected chi connectivity index (χ2v) is 5.30. The van der Waals surface area contributed by atoms with Gasteiger partial charge in [0.2, 0.25) is 5.91 Å². The molecule has 1 heterocycles. The van der Waals surface area contributed by atoms with Gasteiger partial charge in [-0.15, -0.1) is 10.2 Å². The molecule has 112 valence electrons. The van der Waals surface area contributed by atoms with E-state index in [1.54, 1.807) is 13.4 Å². The van der Waals surface area contributed by atoms with E-state index in [1.807, 2.05) is 34.9 Å². The van der Waals surface area contributed by atoms with Crippen LogP contribution in [-0.4, -0.2) is 40.1 Å². The fraction of sp³-hybridized carbons (Fsp3) is 0.357. The van der Waals surface area contributed by atoms with Crippen molar-refractivity contribution in [2.75, 3.05) is 24.8 Å². The Balaban J connectivity index is 1.80. The molecule has 0 fully saturated rings. The fourth-order valence-electron chi connectivity index (χ4n) is 1.74. The summed E-state index contributed by atoms with van der Waals surface area (Å²) in [5.74, 6) is 0.246. The Kier molecular flexibility index (Phi) is 6.23. The predicted octanol–water partition coefficient (Wildman–Crippen LogP) is 2.05.